The Morgan fingerprint density at radius 1 is 0.875 bits per heavy atom. The molecule has 3 rings (SSSR count). The Kier molecular flexibility index (Phi) is 7.61. The van der Waals surface area contributed by atoms with Gasteiger partial charge >= 0.3 is 0 Å². The van der Waals surface area contributed by atoms with E-state index in [1.165, 1.54) is 36.4 Å². The highest BCUT2D eigenvalue weighted by Crippen LogP contribution is 2.18. The van der Waals surface area contributed by atoms with Crippen molar-refractivity contribution >= 4 is 21.6 Å². The average Bonchev–Trinajstić information content (AvgIpc) is 2.78. The molecule has 0 radical (unpaired) electrons. The third-order valence-electron chi connectivity index (χ3n) is 4.83. The summed E-state index contributed by atoms with van der Waals surface area (Å²) in [5, 5.41) is 0. The predicted molar refractivity (Wildman–Crippen MR) is 123 cm³/mol. The minimum Gasteiger partial charge on any atom is -0.333 e. The van der Waals surface area contributed by atoms with Crippen LogP contribution in [0.5, 0.6) is 0 Å². The monoisotopic (exact) mass is 455 g/mol. The van der Waals surface area contributed by atoms with E-state index < -0.39 is 10.0 Å². The quantitative estimate of drug-likeness (QED) is 0.532. The first-order valence-corrected chi connectivity index (χ1v) is 11.6. The molecule has 0 heterocycles. The third-order valence-corrected chi connectivity index (χ3v) is 6.23. The number of para-hydroxylation sites is 1. The van der Waals surface area contributed by atoms with E-state index in [2.05, 4.69) is 4.72 Å². The lowest BCUT2D eigenvalue weighted by Crippen LogP contribution is -2.36. The molecule has 3 aromatic carbocycles. The highest BCUT2D eigenvalue weighted by Gasteiger charge is 2.19. The number of hydrogen-bond donors (Lipinski definition) is 1. The van der Waals surface area contributed by atoms with Gasteiger partial charge in [-0.15, -0.1) is 0 Å². The van der Waals surface area contributed by atoms with Crippen LogP contribution in [0.15, 0.2) is 83.8 Å². The molecule has 1 N–H and O–H groups in total. The van der Waals surface area contributed by atoms with Gasteiger partial charge in [-0.05, 0) is 68.2 Å². The molecule has 0 saturated heterocycles. The van der Waals surface area contributed by atoms with Gasteiger partial charge in [-0.1, -0.05) is 30.3 Å². The third kappa shape index (κ3) is 6.38. The van der Waals surface area contributed by atoms with Crippen LogP contribution in [-0.2, 0) is 16.6 Å². The largest absolute Gasteiger partial charge is 0.333 e. The molecule has 32 heavy (non-hydrogen) atoms. The molecule has 0 aliphatic rings. The number of halogens is 1. The van der Waals surface area contributed by atoms with E-state index in [0.717, 1.165) is 5.56 Å². The highest BCUT2D eigenvalue weighted by atomic mass is 32.2. The highest BCUT2D eigenvalue weighted by molar-refractivity contribution is 7.92. The molecule has 0 fully saturated rings. The van der Waals surface area contributed by atoms with Crippen molar-refractivity contribution in [1.29, 1.82) is 0 Å². The summed E-state index contributed by atoms with van der Waals surface area (Å²) in [6, 6.07) is 20.5. The number of benzene rings is 3. The molecule has 168 valence electrons. The van der Waals surface area contributed by atoms with Crippen molar-refractivity contribution in [2.24, 2.45) is 0 Å². The Bertz CT molecular complexity index is 1130. The van der Waals surface area contributed by atoms with Crippen molar-refractivity contribution in [2.75, 3.05) is 31.9 Å². The van der Waals surface area contributed by atoms with Crippen LogP contribution in [0.4, 0.5) is 10.1 Å². The van der Waals surface area contributed by atoms with E-state index in [9.17, 15) is 17.6 Å². The van der Waals surface area contributed by atoms with Gasteiger partial charge in [0.15, 0.2) is 0 Å². The minimum atomic E-state index is -3.77. The lowest BCUT2D eigenvalue weighted by Gasteiger charge is -2.25. The molecule has 0 aliphatic carbocycles. The summed E-state index contributed by atoms with van der Waals surface area (Å²) < 4.78 is 41.0. The van der Waals surface area contributed by atoms with Crippen molar-refractivity contribution in [3.05, 3.63) is 95.8 Å². The zero-order valence-electron chi connectivity index (χ0n) is 18.0. The van der Waals surface area contributed by atoms with Crippen molar-refractivity contribution in [3.8, 4) is 0 Å². The van der Waals surface area contributed by atoms with E-state index in [0.29, 0.717) is 30.9 Å². The Balaban J connectivity index is 1.77. The van der Waals surface area contributed by atoms with Crippen molar-refractivity contribution in [3.63, 3.8) is 0 Å². The number of nitrogens with one attached hydrogen (secondary N) is 1. The molecule has 0 unspecified atom stereocenters. The number of sulfonamides is 1. The fourth-order valence-corrected chi connectivity index (χ4v) is 4.12. The van der Waals surface area contributed by atoms with Crippen LogP contribution in [0.25, 0.3) is 0 Å². The number of nitrogens with zero attached hydrogens (tertiary/aromatic N) is 2. The second-order valence-corrected chi connectivity index (χ2v) is 9.33. The van der Waals surface area contributed by atoms with Crippen LogP contribution in [0, 0.1) is 5.82 Å². The van der Waals surface area contributed by atoms with E-state index in [1.54, 1.807) is 47.4 Å². The summed E-state index contributed by atoms with van der Waals surface area (Å²) >= 11 is 0. The van der Waals surface area contributed by atoms with Crippen LogP contribution in [0.3, 0.4) is 0 Å². The smallest absolute Gasteiger partial charge is 0.261 e. The molecule has 0 aromatic heterocycles. The first-order valence-electron chi connectivity index (χ1n) is 10.1. The zero-order valence-corrected chi connectivity index (χ0v) is 18.8. The maximum absolute atomic E-state index is 13.2. The van der Waals surface area contributed by atoms with Crippen LogP contribution in [0.2, 0.25) is 0 Å². The van der Waals surface area contributed by atoms with Crippen molar-refractivity contribution in [2.45, 2.75) is 11.4 Å². The first kappa shape index (κ1) is 23.4. The van der Waals surface area contributed by atoms with Gasteiger partial charge in [0.25, 0.3) is 15.9 Å². The Hall–Kier alpha value is -3.23. The SMILES string of the molecule is CN(C)CCN(Cc1ccc(F)cc1)C(=O)c1ccc(S(=O)(=O)Nc2ccccc2)cc1. The Morgan fingerprint density at radius 2 is 1.50 bits per heavy atom. The van der Waals surface area contributed by atoms with Crippen LogP contribution >= 0.6 is 0 Å². The number of rotatable bonds is 9. The molecule has 0 spiro atoms. The van der Waals surface area contributed by atoms with Gasteiger partial charge in [0.05, 0.1) is 4.90 Å². The molecule has 8 heteroatoms. The summed E-state index contributed by atoms with van der Waals surface area (Å²) in [7, 11) is 0.0660. The Morgan fingerprint density at radius 3 is 2.09 bits per heavy atom. The summed E-state index contributed by atoms with van der Waals surface area (Å²) in [5.74, 6) is -0.558. The van der Waals surface area contributed by atoms with Crippen LogP contribution < -0.4 is 4.72 Å². The van der Waals surface area contributed by atoms with Gasteiger partial charge in [0.1, 0.15) is 5.82 Å². The first-order chi connectivity index (χ1) is 15.2. The maximum Gasteiger partial charge on any atom is 0.261 e. The minimum absolute atomic E-state index is 0.0660. The second kappa shape index (κ2) is 10.4. The van der Waals surface area contributed by atoms with Crippen LogP contribution in [0.1, 0.15) is 15.9 Å². The van der Waals surface area contributed by atoms with E-state index in [4.69, 9.17) is 0 Å². The normalized spacial score (nSPS) is 11.4. The molecular formula is C24H26FN3O3S. The van der Waals surface area contributed by atoms with Gasteiger partial charge in [-0.25, -0.2) is 12.8 Å². The molecule has 0 bridgehead atoms. The maximum atomic E-state index is 13.2. The molecule has 0 aliphatic heterocycles. The molecule has 0 atom stereocenters. The van der Waals surface area contributed by atoms with Gasteiger partial charge in [-0.3, -0.25) is 9.52 Å². The molecule has 0 saturated carbocycles. The topological polar surface area (TPSA) is 69.7 Å². The van der Waals surface area contributed by atoms with E-state index in [-0.39, 0.29) is 16.6 Å². The summed E-state index contributed by atoms with van der Waals surface area (Å²) in [4.78, 5) is 16.8. The van der Waals surface area contributed by atoms with Gasteiger partial charge in [-0.2, -0.15) is 0 Å². The Labute approximate surface area is 188 Å². The summed E-state index contributed by atoms with van der Waals surface area (Å²) in [6.45, 7) is 1.45. The average molecular weight is 456 g/mol. The van der Waals surface area contributed by atoms with Gasteiger partial charge in [0.2, 0.25) is 0 Å². The van der Waals surface area contributed by atoms with E-state index >= 15 is 0 Å². The number of anilines is 1. The van der Waals surface area contributed by atoms with Crippen LogP contribution in [-0.4, -0.2) is 51.3 Å². The molecule has 6 nitrogen and oxygen atoms in total. The van der Waals surface area contributed by atoms with Crippen molar-refractivity contribution < 1.29 is 17.6 Å². The number of carbonyl (C=O) groups excluding carboxylic acids is 1. The predicted octanol–water partition coefficient (Wildman–Crippen LogP) is 3.83. The fourth-order valence-electron chi connectivity index (χ4n) is 3.06. The van der Waals surface area contributed by atoms with Crippen molar-refractivity contribution in [1.82, 2.24) is 9.80 Å². The number of amides is 1. The standard InChI is InChI=1S/C24H26FN3O3S/c1-27(2)16-17-28(18-19-8-12-21(25)13-9-19)24(29)20-10-14-23(15-11-20)32(30,31)26-22-6-4-3-5-7-22/h3-15,26H,16-18H2,1-2H3. The number of carbonyl (C=O) groups is 1. The number of hydrogen-bond acceptors (Lipinski definition) is 4. The summed E-state index contributed by atoms with van der Waals surface area (Å²) in [6.07, 6.45) is 0. The summed E-state index contributed by atoms with van der Waals surface area (Å²) in [5.41, 5.74) is 1.65. The lowest BCUT2D eigenvalue weighted by molar-refractivity contribution is 0.0732. The van der Waals surface area contributed by atoms with E-state index in [1.807, 2.05) is 19.0 Å². The molecular weight excluding hydrogens is 429 g/mol. The number of likely N-dealkylation sites (N-methyl/N-ethyl adjacent to an activating group) is 1. The molecule has 3 aromatic rings. The lowest BCUT2D eigenvalue weighted by atomic mass is 10.1. The van der Waals surface area contributed by atoms with Gasteiger partial charge < -0.3 is 9.80 Å². The van der Waals surface area contributed by atoms with Gasteiger partial charge in [0, 0.05) is 30.9 Å². The second-order valence-electron chi connectivity index (χ2n) is 7.65. The zero-order chi connectivity index (χ0) is 23.1. The molecule has 1 amide bonds. The fraction of sp³-hybridized carbons (Fsp3) is 0.208.